The van der Waals surface area contributed by atoms with Crippen LogP contribution in [-0.2, 0) is 15.6 Å². The third-order valence-electron chi connectivity index (χ3n) is 5.32. The zero-order valence-electron chi connectivity index (χ0n) is 16.7. The second-order valence-corrected chi connectivity index (χ2v) is 9.91. The maximum absolute atomic E-state index is 14.4. The fraction of sp³-hybridized carbons (Fsp3) is 0.333. The standard InChI is InChI=1S/C21H24ClFN2O3S/c1-5-21(20(2,3)26,14-6-8-15(22)9-7-14)25-11-10-17-18(24-29(4,27)28)12-16(23)13-19(17)25/h6-13,24,26H,5H2,1-4H3. The number of rotatable bonds is 6. The molecule has 5 nitrogen and oxygen atoms in total. The minimum atomic E-state index is -3.59. The first kappa shape index (κ1) is 21.6. The van der Waals surface area contributed by atoms with Crippen LogP contribution < -0.4 is 4.72 Å². The number of benzene rings is 2. The van der Waals surface area contributed by atoms with Crippen molar-refractivity contribution in [1.29, 1.82) is 0 Å². The molecule has 1 heterocycles. The second-order valence-electron chi connectivity index (χ2n) is 7.73. The van der Waals surface area contributed by atoms with Gasteiger partial charge in [0, 0.05) is 16.6 Å². The topological polar surface area (TPSA) is 71.3 Å². The molecule has 0 fully saturated rings. The Balaban J connectivity index is 2.37. The highest BCUT2D eigenvalue weighted by atomic mass is 35.5. The number of nitrogens with one attached hydrogen (secondary N) is 1. The summed E-state index contributed by atoms with van der Waals surface area (Å²) in [5.41, 5.74) is -0.766. The number of sulfonamides is 1. The van der Waals surface area contributed by atoms with E-state index in [2.05, 4.69) is 4.72 Å². The van der Waals surface area contributed by atoms with Gasteiger partial charge >= 0.3 is 0 Å². The van der Waals surface area contributed by atoms with Gasteiger partial charge in [-0.05, 0) is 56.2 Å². The van der Waals surface area contributed by atoms with Gasteiger partial charge in [0.1, 0.15) is 5.82 Å². The van der Waals surface area contributed by atoms with Crippen LogP contribution in [0.2, 0.25) is 5.02 Å². The van der Waals surface area contributed by atoms with Crippen LogP contribution in [0.5, 0.6) is 0 Å². The first-order valence-corrected chi connectivity index (χ1v) is 11.4. The summed E-state index contributed by atoms with van der Waals surface area (Å²) in [6.07, 6.45) is 3.25. The summed E-state index contributed by atoms with van der Waals surface area (Å²) in [7, 11) is -3.59. The van der Waals surface area contributed by atoms with Gasteiger partial charge in [-0.1, -0.05) is 30.7 Å². The average Bonchev–Trinajstić information content (AvgIpc) is 2.99. The van der Waals surface area contributed by atoms with Crippen LogP contribution in [0.25, 0.3) is 10.9 Å². The molecule has 1 atom stereocenters. The molecule has 0 amide bonds. The van der Waals surface area contributed by atoms with Crippen LogP contribution in [0.15, 0.2) is 48.7 Å². The molecule has 1 unspecified atom stereocenters. The molecular formula is C21H24ClFN2O3S. The van der Waals surface area contributed by atoms with E-state index in [0.717, 1.165) is 17.9 Å². The van der Waals surface area contributed by atoms with Crippen LogP contribution in [-0.4, -0.2) is 29.9 Å². The minimum absolute atomic E-state index is 0.151. The lowest BCUT2D eigenvalue weighted by molar-refractivity contribution is -0.0237. The van der Waals surface area contributed by atoms with E-state index in [1.54, 1.807) is 38.2 Å². The summed E-state index contributed by atoms with van der Waals surface area (Å²) in [5, 5.41) is 12.4. The lowest BCUT2D eigenvalue weighted by atomic mass is 9.74. The fourth-order valence-electron chi connectivity index (χ4n) is 4.14. The Hall–Kier alpha value is -2.09. The van der Waals surface area contributed by atoms with Crippen molar-refractivity contribution in [1.82, 2.24) is 4.57 Å². The van der Waals surface area contributed by atoms with Crippen molar-refractivity contribution < 1.29 is 17.9 Å². The Morgan fingerprint density at radius 3 is 2.31 bits per heavy atom. The Bertz CT molecular complexity index is 1150. The van der Waals surface area contributed by atoms with Gasteiger partial charge in [-0.2, -0.15) is 0 Å². The van der Waals surface area contributed by atoms with E-state index in [1.807, 2.05) is 23.6 Å². The van der Waals surface area contributed by atoms with Crippen LogP contribution in [0, 0.1) is 5.82 Å². The van der Waals surface area contributed by atoms with Crippen molar-refractivity contribution in [3.8, 4) is 0 Å². The first-order valence-electron chi connectivity index (χ1n) is 9.16. The minimum Gasteiger partial charge on any atom is -0.388 e. The molecule has 3 aromatic rings. The molecule has 156 valence electrons. The maximum Gasteiger partial charge on any atom is 0.229 e. The molecule has 0 spiro atoms. The van der Waals surface area contributed by atoms with Crippen molar-refractivity contribution in [2.45, 2.75) is 38.3 Å². The Morgan fingerprint density at radius 2 is 1.79 bits per heavy atom. The number of halogens is 2. The first-order chi connectivity index (χ1) is 13.4. The quantitative estimate of drug-likeness (QED) is 0.584. The second kappa shape index (κ2) is 7.31. The third-order valence-corrected chi connectivity index (χ3v) is 6.17. The number of hydrogen-bond donors (Lipinski definition) is 2. The van der Waals surface area contributed by atoms with Gasteiger partial charge in [0.15, 0.2) is 0 Å². The predicted molar refractivity (Wildman–Crippen MR) is 115 cm³/mol. The van der Waals surface area contributed by atoms with Crippen LogP contribution in [0.1, 0.15) is 32.8 Å². The summed E-state index contributed by atoms with van der Waals surface area (Å²) in [6, 6.07) is 11.4. The Morgan fingerprint density at radius 1 is 1.17 bits per heavy atom. The monoisotopic (exact) mass is 438 g/mol. The van der Waals surface area contributed by atoms with Gasteiger partial charge in [0.25, 0.3) is 0 Å². The number of aromatic nitrogens is 1. The molecule has 0 aliphatic carbocycles. The van der Waals surface area contributed by atoms with E-state index in [1.165, 1.54) is 6.07 Å². The van der Waals surface area contributed by atoms with Gasteiger partial charge in [0.05, 0.1) is 28.6 Å². The summed E-state index contributed by atoms with van der Waals surface area (Å²) < 4.78 is 42.1. The normalized spacial score (nSPS) is 14.7. The van der Waals surface area contributed by atoms with Gasteiger partial charge in [0.2, 0.25) is 10.0 Å². The number of nitrogens with zero attached hydrogens (tertiary/aromatic N) is 1. The molecule has 0 aliphatic rings. The third kappa shape index (κ3) is 3.86. The van der Waals surface area contributed by atoms with Crippen molar-refractivity contribution in [2.24, 2.45) is 0 Å². The van der Waals surface area contributed by atoms with Crippen LogP contribution in [0.3, 0.4) is 0 Å². The van der Waals surface area contributed by atoms with E-state index in [9.17, 15) is 17.9 Å². The van der Waals surface area contributed by atoms with E-state index >= 15 is 0 Å². The highest BCUT2D eigenvalue weighted by Gasteiger charge is 2.46. The smallest absolute Gasteiger partial charge is 0.229 e. The summed E-state index contributed by atoms with van der Waals surface area (Å²) in [4.78, 5) is 0. The molecule has 8 heteroatoms. The van der Waals surface area contributed by atoms with Gasteiger partial charge in [-0.3, -0.25) is 4.72 Å². The maximum atomic E-state index is 14.4. The lowest BCUT2D eigenvalue weighted by Gasteiger charge is -2.45. The SMILES string of the molecule is CCC(c1ccc(Cl)cc1)(n1ccc2c(NS(C)(=O)=O)cc(F)cc21)C(C)(C)O. The van der Waals surface area contributed by atoms with Crippen molar-refractivity contribution in [2.75, 3.05) is 11.0 Å². The Labute approximate surface area is 175 Å². The summed E-state index contributed by atoms with van der Waals surface area (Å²) in [5.74, 6) is -0.583. The molecule has 0 bridgehead atoms. The van der Waals surface area contributed by atoms with Crippen molar-refractivity contribution >= 4 is 38.2 Å². The molecular weight excluding hydrogens is 415 g/mol. The molecule has 3 rings (SSSR count). The average molecular weight is 439 g/mol. The van der Waals surface area contributed by atoms with Crippen molar-refractivity contribution in [3.63, 3.8) is 0 Å². The number of hydrogen-bond acceptors (Lipinski definition) is 3. The molecule has 1 aromatic heterocycles. The highest BCUT2D eigenvalue weighted by Crippen LogP contribution is 2.43. The predicted octanol–water partition coefficient (Wildman–Crippen LogP) is 4.73. The zero-order valence-corrected chi connectivity index (χ0v) is 18.3. The Kier molecular flexibility index (Phi) is 5.45. The van der Waals surface area contributed by atoms with E-state index < -0.39 is 27.0 Å². The van der Waals surface area contributed by atoms with Gasteiger partial charge < -0.3 is 9.67 Å². The zero-order chi connectivity index (χ0) is 21.6. The molecule has 0 saturated carbocycles. The van der Waals surface area contributed by atoms with Crippen LogP contribution >= 0.6 is 11.6 Å². The number of anilines is 1. The highest BCUT2D eigenvalue weighted by molar-refractivity contribution is 7.92. The van der Waals surface area contributed by atoms with E-state index in [-0.39, 0.29) is 5.69 Å². The lowest BCUT2D eigenvalue weighted by Crippen LogP contribution is -2.52. The largest absolute Gasteiger partial charge is 0.388 e. The van der Waals surface area contributed by atoms with Crippen molar-refractivity contribution in [3.05, 3.63) is 65.1 Å². The molecule has 2 aromatic carbocycles. The molecule has 0 aliphatic heterocycles. The van der Waals surface area contributed by atoms with E-state index in [4.69, 9.17) is 11.6 Å². The van der Waals surface area contributed by atoms with Crippen LogP contribution in [0.4, 0.5) is 10.1 Å². The van der Waals surface area contributed by atoms with Gasteiger partial charge in [-0.15, -0.1) is 0 Å². The number of fused-ring (bicyclic) bond motifs is 1. The number of aliphatic hydroxyl groups is 1. The fourth-order valence-corrected chi connectivity index (χ4v) is 4.84. The molecule has 0 radical (unpaired) electrons. The molecule has 2 N–H and O–H groups in total. The summed E-state index contributed by atoms with van der Waals surface area (Å²) >= 11 is 6.06. The molecule has 29 heavy (non-hydrogen) atoms. The molecule has 0 saturated heterocycles. The van der Waals surface area contributed by atoms with E-state index in [0.29, 0.717) is 22.3 Å². The van der Waals surface area contributed by atoms with Gasteiger partial charge in [-0.25, -0.2) is 12.8 Å². The summed E-state index contributed by atoms with van der Waals surface area (Å²) in [6.45, 7) is 5.34.